The molecule has 0 saturated carbocycles. The Morgan fingerprint density at radius 1 is 0.967 bits per heavy atom. The zero-order chi connectivity index (χ0) is 19.8. The average molecular weight is 400 g/mol. The summed E-state index contributed by atoms with van der Waals surface area (Å²) in [6.45, 7) is 1.93. The maximum absolute atomic E-state index is 12.8. The molecule has 3 heterocycles. The fraction of sp³-hybridized carbons (Fsp3) is 0.269. The van der Waals surface area contributed by atoms with Gasteiger partial charge in [-0.3, -0.25) is 9.36 Å². The minimum atomic E-state index is 0. The van der Waals surface area contributed by atoms with Crippen molar-refractivity contribution in [2.75, 3.05) is 6.54 Å². The molecule has 0 aliphatic carbocycles. The number of nitrogens with one attached hydrogen (secondary N) is 1. The largest absolute Gasteiger partial charge is 0.346 e. The summed E-state index contributed by atoms with van der Waals surface area (Å²) in [6, 6.07) is 20.6. The maximum Gasteiger partial charge on any atom is 0.255 e. The summed E-state index contributed by atoms with van der Waals surface area (Å²) in [5.41, 5.74) is 7.30. The Hall–Kier alpha value is -3.11. The smallest absolute Gasteiger partial charge is 0.255 e. The number of hydrogen-bond acceptors (Lipinski definition) is 2. The highest BCUT2D eigenvalue weighted by Gasteiger charge is 2.18. The zero-order valence-electron chi connectivity index (χ0n) is 16.7. The van der Waals surface area contributed by atoms with Gasteiger partial charge in [0.1, 0.15) is 0 Å². The van der Waals surface area contributed by atoms with E-state index in [1.54, 1.807) is 10.6 Å². The van der Waals surface area contributed by atoms with Gasteiger partial charge >= 0.3 is 0 Å². The second kappa shape index (κ2) is 8.33. The van der Waals surface area contributed by atoms with E-state index in [0.29, 0.717) is 0 Å². The van der Waals surface area contributed by atoms with E-state index >= 15 is 0 Å². The molecule has 4 heteroatoms. The first kappa shape index (κ1) is 20.2. The SMILES string of the molecule is C.Cn1c2c(c3ccc(-n4ccc(CCc5ccccc5)cc4=O)cc31)CCNC2. The van der Waals surface area contributed by atoms with Crippen molar-refractivity contribution in [3.05, 3.63) is 99.6 Å². The van der Waals surface area contributed by atoms with Crippen LogP contribution in [0.3, 0.4) is 0 Å². The Kier molecular flexibility index (Phi) is 5.60. The van der Waals surface area contributed by atoms with Crippen LogP contribution in [0.5, 0.6) is 0 Å². The molecule has 1 aliphatic rings. The molecule has 0 fully saturated rings. The third-order valence-electron chi connectivity index (χ3n) is 6.07. The molecule has 0 unspecified atom stereocenters. The highest BCUT2D eigenvalue weighted by molar-refractivity contribution is 5.87. The van der Waals surface area contributed by atoms with E-state index in [-0.39, 0.29) is 13.0 Å². The summed E-state index contributed by atoms with van der Waals surface area (Å²) >= 11 is 0. The van der Waals surface area contributed by atoms with Crippen molar-refractivity contribution in [2.45, 2.75) is 33.2 Å². The van der Waals surface area contributed by atoms with Gasteiger partial charge in [0.2, 0.25) is 0 Å². The summed E-state index contributed by atoms with van der Waals surface area (Å²) in [5, 5.41) is 4.76. The molecule has 1 aliphatic heterocycles. The second-order valence-corrected chi connectivity index (χ2v) is 7.84. The molecule has 0 spiro atoms. The fourth-order valence-electron chi connectivity index (χ4n) is 4.45. The highest BCUT2D eigenvalue weighted by Crippen LogP contribution is 2.29. The van der Waals surface area contributed by atoms with Crippen LogP contribution in [-0.2, 0) is 32.9 Å². The van der Waals surface area contributed by atoms with Crippen LogP contribution in [0.2, 0.25) is 0 Å². The summed E-state index contributed by atoms with van der Waals surface area (Å²) in [7, 11) is 2.12. The number of rotatable bonds is 4. The Labute approximate surface area is 177 Å². The van der Waals surface area contributed by atoms with Crippen molar-refractivity contribution in [1.29, 1.82) is 0 Å². The van der Waals surface area contributed by atoms with Crippen LogP contribution < -0.4 is 10.9 Å². The van der Waals surface area contributed by atoms with E-state index in [1.165, 1.54) is 27.7 Å². The molecule has 0 bridgehead atoms. The minimum Gasteiger partial charge on any atom is -0.346 e. The molecule has 0 saturated heterocycles. The van der Waals surface area contributed by atoms with Crippen LogP contribution in [0.25, 0.3) is 16.6 Å². The topological polar surface area (TPSA) is 39.0 Å². The van der Waals surface area contributed by atoms with Crippen molar-refractivity contribution in [2.24, 2.45) is 7.05 Å². The number of benzene rings is 2. The zero-order valence-corrected chi connectivity index (χ0v) is 16.7. The van der Waals surface area contributed by atoms with Gasteiger partial charge < -0.3 is 9.88 Å². The van der Waals surface area contributed by atoms with Gasteiger partial charge in [-0.05, 0) is 60.7 Å². The summed E-state index contributed by atoms with van der Waals surface area (Å²) < 4.78 is 4.01. The van der Waals surface area contributed by atoms with E-state index in [9.17, 15) is 4.79 Å². The molecule has 154 valence electrons. The molecule has 0 radical (unpaired) electrons. The lowest BCUT2D eigenvalue weighted by Crippen LogP contribution is -2.24. The minimum absolute atomic E-state index is 0. The van der Waals surface area contributed by atoms with E-state index in [0.717, 1.165) is 43.6 Å². The second-order valence-electron chi connectivity index (χ2n) is 7.84. The molecule has 4 aromatic rings. The summed E-state index contributed by atoms with van der Waals surface area (Å²) in [4.78, 5) is 12.8. The van der Waals surface area contributed by atoms with Gasteiger partial charge in [-0.25, -0.2) is 0 Å². The molecule has 30 heavy (non-hydrogen) atoms. The number of hydrogen-bond donors (Lipinski definition) is 1. The predicted octanol–water partition coefficient (Wildman–Crippen LogP) is 4.40. The Bertz CT molecular complexity index is 1230. The van der Waals surface area contributed by atoms with E-state index in [4.69, 9.17) is 0 Å². The molecule has 4 nitrogen and oxygen atoms in total. The van der Waals surface area contributed by atoms with Gasteiger partial charge in [0, 0.05) is 36.9 Å². The Balaban J connectivity index is 0.00000218. The van der Waals surface area contributed by atoms with Gasteiger partial charge in [-0.2, -0.15) is 0 Å². The van der Waals surface area contributed by atoms with Crippen LogP contribution in [-0.4, -0.2) is 15.7 Å². The molecule has 0 amide bonds. The van der Waals surface area contributed by atoms with Crippen LogP contribution in [0.4, 0.5) is 0 Å². The molecule has 5 rings (SSSR count). The first-order valence-electron chi connectivity index (χ1n) is 10.3. The molecule has 0 atom stereocenters. The number of nitrogens with zero attached hydrogens (tertiary/aromatic N) is 2. The van der Waals surface area contributed by atoms with Crippen LogP contribution in [0.1, 0.15) is 29.8 Å². The van der Waals surface area contributed by atoms with Gasteiger partial charge in [0.25, 0.3) is 5.56 Å². The number of fused-ring (bicyclic) bond motifs is 3. The average Bonchev–Trinajstić information content (AvgIpc) is 3.05. The number of pyridine rings is 1. The standard InChI is InChI=1S/C25H25N3O.CH4/c1-27-23-16-20(9-10-21(23)22-11-13-26-17-24(22)27)28-14-12-19(15-25(28)29)8-7-18-5-3-2-4-6-18;/h2-6,9-10,12,14-16,26H,7-8,11,13,17H2,1H3;1H4. The van der Waals surface area contributed by atoms with E-state index < -0.39 is 0 Å². The van der Waals surface area contributed by atoms with Crippen LogP contribution in [0.15, 0.2) is 71.7 Å². The van der Waals surface area contributed by atoms with Crippen molar-refractivity contribution in [3.63, 3.8) is 0 Å². The molecular weight excluding hydrogens is 370 g/mol. The monoisotopic (exact) mass is 399 g/mol. The van der Waals surface area contributed by atoms with Crippen LogP contribution in [0, 0.1) is 0 Å². The lowest BCUT2D eigenvalue weighted by Gasteiger charge is -2.14. The van der Waals surface area contributed by atoms with Crippen molar-refractivity contribution >= 4 is 10.9 Å². The number of aromatic nitrogens is 2. The molecule has 2 aromatic heterocycles. The van der Waals surface area contributed by atoms with E-state index in [2.05, 4.69) is 65.5 Å². The van der Waals surface area contributed by atoms with E-state index in [1.807, 2.05) is 12.3 Å². The van der Waals surface area contributed by atoms with Crippen molar-refractivity contribution in [1.82, 2.24) is 14.5 Å². The third kappa shape index (κ3) is 3.59. The van der Waals surface area contributed by atoms with Gasteiger partial charge in [0.15, 0.2) is 0 Å². The lowest BCUT2D eigenvalue weighted by molar-refractivity contribution is 0.614. The lowest BCUT2D eigenvalue weighted by atomic mass is 10.0. The molecule has 1 N–H and O–H groups in total. The summed E-state index contributed by atoms with van der Waals surface area (Å²) in [6.07, 6.45) is 4.78. The Morgan fingerprint density at radius 2 is 1.77 bits per heavy atom. The summed E-state index contributed by atoms with van der Waals surface area (Å²) in [5.74, 6) is 0. The van der Waals surface area contributed by atoms with Crippen molar-refractivity contribution < 1.29 is 0 Å². The first-order valence-corrected chi connectivity index (χ1v) is 10.3. The first-order chi connectivity index (χ1) is 14.2. The third-order valence-corrected chi connectivity index (χ3v) is 6.07. The fourth-order valence-corrected chi connectivity index (χ4v) is 4.45. The Morgan fingerprint density at radius 3 is 2.57 bits per heavy atom. The number of aryl methyl sites for hydroxylation is 3. The molecular formula is C26H29N3O. The predicted molar refractivity (Wildman–Crippen MR) is 125 cm³/mol. The van der Waals surface area contributed by atoms with Gasteiger partial charge in [0.05, 0.1) is 11.2 Å². The van der Waals surface area contributed by atoms with Crippen LogP contribution >= 0.6 is 0 Å². The molecule has 2 aromatic carbocycles. The maximum atomic E-state index is 12.8. The van der Waals surface area contributed by atoms with Gasteiger partial charge in [-0.1, -0.05) is 43.8 Å². The van der Waals surface area contributed by atoms with Crippen molar-refractivity contribution in [3.8, 4) is 5.69 Å². The quantitative estimate of drug-likeness (QED) is 0.553. The van der Waals surface area contributed by atoms with Gasteiger partial charge in [-0.15, -0.1) is 0 Å². The normalized spacial score (nSPS) is 13.1. The highest BCUT2D eigenvalue weighted by atomic mass is 16.1.